The van der Waals surface area contributed by atoms with Crippen molar-refractivity contribution in [2.45, 2.75) is 0 Å². The molecule has 0 unspecified atom stereocenters. The van der Waals surface area contributed by atoms with Crippen LogP contribution in [0.1, 0.15) is 0 Å². The molecule has 0 radical (unpaired) electrons. The first kappa shape index (κ1) is 10.2. The molecule has 0 saturated carbocycles. The molecule has 1 saturated heterocycles. The summed E-state index contributed by atoms with van der Waals surface area (Å²) < 4.78 is 12.9. The number of nitrogens with zero attached hydrogens (tertiary/aromatic N) is 1. The number of hydrogen-bond donors (Lipinski definition) is 2. The van der Waals surface area contributed by atoms with Crippen LogP contribution < -0.4 is 15.5 Å². The predicted molar refractivity (Wildman–Crippen MR) is 59.6 cm³/mol. The molecule has 1 aliphatic rings. The van der Waals surface area contributed by atoms with E-state index < -0.39 is 0 Å². The monoisotopic (exact) mass is 210 g/mol. The molecular weight excluding hydrogens is 193 g/mol. The van der Waals surface area contributed by atoms with Gasteiger partial charge in [-0.1, -0.05) is 0 Å². The van der Waals surface area contributed by atoms with Gasteiger partial charge in [0, 0.05) is 0 Å². The second-order valence-corrected chi connectivity index (χ2v) is 4.15. The molecule has 1 aliphatic heterocycles. The van der Waals surface area contributed by atoms with Gasteiger partial charge in [0.25, 0.3) is 0 Å². The third-order valence-corrected chi connectivity index (χ3v) is 2.95. The van der Waals surface area contributed by atoms with Crippen molar-refractivity contribution >= 4 is 11.4 Å². The van der Waals surface area contributed by atoms with Gasteiger partial charge in [-0.3, -0.25) is 0 Å². The van der Waals surface area contributed by atoms with Gasteiger partial charge in [0.15, 0.2) is 0 Å². The van der Waals surface area contributed by atoms with Gasteiger partial charge in [-0.2, -0.15) is 0 Å². The van der Waals surface area contributed by atoms with Crippen LogP contribution >= 0.6 is 0 Å². The fourth-order valence-electron chi connectivity index (χ4n) is 1.94. The van der Waals surface area contributed by atoms with Crippen molar-refractivity contribution in [2.24, 2.45) is 0 Å². The third-order valence-electron chi connectivity index (χ3n) is 2.95. The molecule has 0 atom stereocenters. The lowest BCUT2D eigenvalue weighted by atomic mass is 10.2. The summed E-state index contributed by atoms with van der Waals surface area (Å²) in [6, 6.07) is 4.63. The molecule has 0 aliphatic carbocycles. The van der Waals surface area contributed by atoms with Crippen LogP contribution in [0.5, 0.6) is 0 Å². The van der Waals surface area contributed by atoms with E-state index in [2.05, 4.69) is 11.9 Å². The summed E-state index contributed by atoms with van der Waals surface area (Å²) in [6.07, 6.45) is 0. The molecule has 1 heterocycles. The first-order valence-electron chi connectivity index (χ1n) is 5.28. The van der Waals surface area contributed by atoms with Gasteiger partial charge in [0.05, 0.1) is 44.6 Å². The maximum absolute atomic E-state index is 12.9. The number of nitrogen functional groups attached to an aromatic ring is 1. The average Bonchev–Trinajstić information content (AvgIpc) is 2.20. The Bertz CT molecular complexity index is 346. The molecule has 0 aromatic heterocycles. The number of likely N-dealkylation sites (N-methyl/N-ethyl adjacent to an activating group) is 1. The molecule has 0 spiro atoms. The van der Waals surface area contributed by atoms with Gasteiger partial charge < -0.3 is 15.5 Å². The van der Waals surface area contributed by atoms with Gasteiger partial charge in [-0.05, 0) is 18.2 Å². The minimum atomic E-state index is -0.268. The zero-order valence-electron chi connectivity index (χ0n) is 8.96. The molecule has 1 aromatic rings. The van der Waals surface area contributed by atoms with Crippen molar-refractivity contribution in [3.63, 3.8) is 0 Å². The Morgan fingerprint density at radius 2 is 2.00 bits per heavy atom. The standard InChI is InChI=1S/C11H16FN3/c1-14-4-6-15(7-5-14)11-3-2-9(12)8-10(11)13/h2-3,8H,4-7,13H2,1H3/p+1. The first-order valence-corrected chi connectivity index (χ1v) is 5.28. The molecule has 1 fully saturated rings. The van der Waals surface area contributed by atoms with Crippen LogP contribution in [0.15, 0.2) is 18.2 Å². The molecule has 82 valence electrons. The molecule has 3 N–H and O–H groups in total. The van der Waals surface area contributed by atoms with Crippen LogP contribution in [0.25, 0.3) is 0 Å². The van der Waals surface area contributed by atoms with Crippen molar-refractivity contribution in [1.29, 1.82) is 0 Å². The van der Waals surface area contributed by atoms with Crippen molar-refractivity contribution in [3.05, 3.63) is 24.0 Å². The summed E-state index contributed by atoms with van der Waals surface area (Å²) in [4.78, 5) is 3.76. The molecule has 0 amide bonds. The Morgan fingerprint density at radius 1 is 1.33 bits per heavy atom. The molecule has 3 nitrogen and oxygen atoms in total. The summed E-state index contributed by atoms with van der Waals surface area (Å²) in [7, 11) is 2.19. The van der Waals surface area contributed by atoms with Crippen LogP contribution in [0.2, 0.25) is 0 Å². The third kappa shape index (κ3) is 2.21. The predicted octanol–water partition coefficient (Wildman–Crippen LogP) is -0.257. The summed E-state index contributed by atoms with van der Waals surface area (Å²) in [5, 5.41) is 0. The number of benzene rings is 1. The lowest BCUT2D eigenvalue weighted by Crippen LogP contribution is -3.12. The zero-order valence-corrected chi connectivity index (χ0v) is 8.96. The fraction of sp³-hybridized carbons (Fsp3) is 0.455. The van der Waals surface area contributed by atoms with E-state index in [1.54, 1.807) is 6.07 Å². The number of piperazine rings is 1. The van der Waals surface area contributed by atoms with E-state index in [0.717, 1.165) is 31.9 Å². The Hall–Kier alpha value is -1.29. The van der Waals surface area contributed by atoms with Crippen molar-refractivity contribution < 1.29 is 9.29 Å². The average molecular weight is 210 g/mol. The second kappa shape index (κ2) is 4.06. The highest BCUT2D eigenvalue weighted by Gasteiger charge is 2.18. The van der Waals surface area contributed by atoms with Gasteiger partial charge in [-0.25, -0.2) is 4.39 Å². The molecular formula is C11H17FN3+. The molecule has 2 rings (SSSR count). The van der Waals surface area contributed by atoms with Crippen LogP contribution in [0, 0.1) is 5.82 Å². The smallest absolute Gasteiger partial charge is 0.125 e. The van der Waals surface area contributed by atoms with E-state index in [9.17, 15) is 4.39 Å². The van der Waals surface area contributed by atoms with E-state index in [4.69, 9.17) is 5.73 Å². The Labute approximate surface area is 89.3 Å². The highest BCUT2D eigenvalue weighted by atomic mass is 19.1. The first-order chi connectivity index (χ1) is 7.16. The van der Waals surface area contributed by atoms with E-state index >= 15 is 0 Å². The molecule has 4 heteroatoms. The molecule has 15 heavy (non-hydrogen) atoms. The maximum atomic E-state index is 12.9. The summed E-state index contributed by atoms with van der Waals surface area (Å²) in [5.41, 5.74) is 7.30. The number of quaternary nitrogens is 1. The Balaban J connectivity index is 2.15. The molecule has 1 aromatic carbocycles. The number of nitrogens with one attached hydrogen (secondary N) is 1. The normalized spacial score (nSPS) is 18.1. The maximum Gasteiger partial charge on any atom is 0.125 e. The van der Waals surface area contributed by atoms with Crippen molar-refractivity contribution in [2.75, 3.05) is 43.9 Å². The highest BCUT2D eigenvalue weighted by molar-refractivity contribution is 5.67. The number of rotatable bonds is 1. The van der Waals surface area contributed by atoms with E-state index in [0.29, 0.717) is 5.69 Å². The Kier molecular flexibility index (Phi) is 2.77. The van der Waals surface area contributed by atoms with Crippen LogP contribution in [0.4, 0.5) is 15.8 Å². The minimum absolute atomic E-state index is 0.268. The minimum Gasteiger partial charge on any atom is -0.397 e. The van der Waals surface area contributed by atoms with Crippen LogP contribution in [-0.4, -0.2) is 33.2 Å². The van der Waals surface area contributed by atoms with E-state index in [1.165, 1.54) is 17.0 Å². The lowest BCUT2D eigenvalue weighted by Gasteiger charge is -2.32. The number of anilines is 2. The SMILES string of the molecule is C[NH+]1CCN(c2ccc(F)cc2N)CC1. The topological polar surface area (TPSA) is 33.7 Å². The second-order valence-electron chi connectivity index (χ2n) is 4.15. The van der Waals surface area contributed by atoms with Crippen molar-refractivity contribution in [3.8, 4) is 0 Å². The van der Waals surface area contributed by atoms with Crippen LogP contribution in [-0.2, 0) is 0 Å². The van der Waals surface area contributed by atoms with Gasteiger partial charge in [0.2, 0.25) is 0 Å². The number of nitrogens with two attached hydrogens (primary N) is 1. The largest absolute Gasteiger partial charge is 0.397 e. The van der Waals surface area contributed by atoms with Gasteiger partial charge in [-0.15, -0.1) is 0 Å². The lowest BCUT2D eigenvalue weighted by molar-refractivity contribution is -0.880. The van der Waals surface area contributed by atoms with Crippen molar-refractivity contribution in [1.82, 2.24) is 0 Å². The van der Waals surface area contributed by atoms with E-state index in [-0.39, 0.29) is 5.82 Å². The summed E-state index contributed by atoms with van der Waals surface area (Å²) in [6.45, 7) is 4.19. The number of hydrogen-bond acceptors (Lipinski definition) is 2. The fourth-order valence-corrected chi connectivity index (χ4v) is 1.94. The van der Waals surface area contributed by atoms with E-state index in [1.807, 2.05) is 0 Å². The number of halogens is 1. The van der Waals surface area contributed by atoms with Gasteiger partial charge >= 0.3 is 0 Å². The summed E-state index contributed by atoms with van der Waals surface area (Å²) >= 11 is 0. The Morgan fingerprint density at radius 3 is 2.60 bits per heavy atom. The van der Waals surface area contributed by atoms with Gasteiger partial charge in [0.1, 0.15) is 5.82 Å². The molecule has 0 bridgehead atoms. The highest BCUT2D eigenvalue weighted by Crippen LogP contribution is 2.23. The quantitative estimate of drug-likeness (QED) is 0.626. The zero-order chi connectivity index (χ0) is 10.8. The summed E-state index contributed by atoms with van der Waals surface area (Å²) in [5.74, 6) is -0.268. The van der Waals surface area contributed by atoms with Crippen LogP contribution in [0.3, 0.4) is 0 Å².